The summed E-state index contributed by atoms with van der Waals surface area (Å²) in [6.07, 6.45) is 29.4. The fourth-order valence-corrected chi connectivity index (χ4v) is 8.64. The molecule has 0 fully saturated rings. The normalized spacial score (nSPS) is 10.9. The molecule has 418 valence electrons. The van der Waals surface area contributed by atoms with E-state index in [4.69, 9.17) is 33.2 Å². The minimum absolute atomic E-state index is 0.0145. The second kappa shape index (κ2) is 35.9. The standard InChI is InChI=1S/C65H80O13/c1-4-6-8-10-12-14-16-18-20-22-24-26-44-73-60(66)49-28-36-55(37-29-49)75-62(68)51-32-40-57(41-33-51)77-64(70)53-46-54(48-59(47-53)72-3)65(71)78-58-42-34-52(35-43-58)63(69)76-56-38-30-50(31-39-56)61(67)74-45-27-25-23-21-19-17-15-13-11-9-7-5-2/h28-43,46-48H,4-27,44-45H2,1-3H3. The lowest BCUT2D eigenvalue weighted by Gasteiger charge is -2.10. The monoisotopic (exact) mass is 1070 g/mol. The molecule has 5 aromatic rings. The third-order valence-electron chi connectivity index (χ3n) is 13.3. The Morgan fingerprint density at radius 2 is 0.500 bits per heavy atom. The summed E-state index contributed by atoms with van der Waals surface area (Å²) in [6.45, 7) is 5.19. The first-order chi connectivity index (χ1) is 38.1. The van der Waals surface area contributed by atoms with Crippen molar-refractivity contribution in [3.63, 3.8) is 0 Å². The van der Waals surface area contributed by atoms with Crippen LogP contribution in [0.15, 0.2) is 115 Å². The van der Waals surface area contributed by atoms with Crippen LogP contribution in [0.25, 0.3) is 0 Å². The largest absolute Gasteiger partial charge is 0.497 e. The highest BCUT2D eigenvalue weighted by molar-refractivity contribution is 5.98. The van der Waals surface area contributed by atoms with Crippen molar-refractivity contribution in [2.24, 2.45) is 0 Å². The van der Waals surface area contributed by atoms with Gasteiger partial charge in [-0.15, -0.1) is 0 Å². The topological polar surface area (TPSA) is 167 Å². The van der Waals surface area contributed by atoms with E-state index in [1.807, 2.05) is 0 Å². The molecule has 0 saturated carbocycles. The van der Waals surface area contributed by atoms with Gasteiger partial charge in [0.2, 0.25) is 0 Å². The van der Waals surface area contributed by atoms with E-state index in [2.05, 4.69) is 13.8 Å². The molecule has 0 aliphatic carbocycles. The number of methoxy groups -OCH3 is 1. The molecule has 0 heterocycles. The van der Waals surface area contributed by atoms with Crippen molar-refractivity contribution in [1.29, 1.82) is 0 Å². The predicted octanol–water partition coefficient (Wildman–Crippen LogP) is 16.3. The maximum atomic E-state index is 13.3. The molecule has 0 atom stereocenters. The van der Waals surface area contributed by atoms with Crippen LogP contribution in [0.2, 0.25) is 0 Å². The van der Waals surface area contributed by atoms with Crippen LogP contribution in [0.1, 0.15) is 230 Å². The lowest BCUT2D eigenvalue weighted by molar-refractivity contribution is 0.0488. The van der Waals surface area contributed by atoms with Crippen LogP contribution in [0.3, 0.4) is 0 Å². The van der Waals surface area contributed by atoms with Crippen molar-refractivity contribution >= 4 is 35.8 Å². The highest BCUT2D eigenvalue weighted by Gasteiger charge is 2.19. The Kier molecular flexibility index (Phi) is 28.4. The smallest absolute Gasteiger partial charge is 0.343 e. The summed E-state index contributed by atoms with van der Waals surface area (Å²) in [6, 6.07) is 27.8. The Morgan fingerprint density at radius 1 is 0.269 bits per heavy atom. The van der Waals surface area contributed by atoms with Crippen molar-refractivity contribution < 1.29 is 61.9 Å². The zero-order valence-corrected chi connectivity index (χ0v) is 46.2. The number of esters is 6. The molecular weight excluding hydrogens is 989 g/mol. The fourth-order valence-electron chi connectivity index (χ4n) is 8.64. The van der Waals surface area contributed by atoms with Gasteiger partial charge in [0.05, 0.1) is 53.7 Å². The summed E-state index contributed by atoms with van der Waals surface area (Å²) in [4.78, 5) is 77.6. The van der Waals surface area contributed by atoms with E-state index in [0.717, 1.165) is 38.5 Å². The third kappa shape index (κ3) is 23.1. The maximum absolute atomic E-state index is 13.3. The first kappa shape index (κ1) is 61.6. The molecule has 0 saturated heterocycles. The van der Waals surface area contributed by atoms with Crippen LogP contribution in [0.5, 0.6) is 28.7 Å². The predicted molar refractivity (Wildman–Crippen MR) is 301 cm³/mol. The van der Waals surface area contributed by atoms with E-state index in [0.29, 0.717) is 24.3 Å². The molecule has 78 heavy (non-hydrogen) atoms. The highest BCUT2D eigenvalue weighted by Crippen LogP contribution is 2.24. The maximum Gasteiger partial charge on any atom is 0.343 e. The average molecular weight is 1070 g/mol. The van der Waals surface area contributed by atoms with Crippen LogP contribution in [0, 0.1) is 0 Å². The Hall–Kier alpha value is -7.28. The molecule has 0 aromatic heterocycles. The van der Waals surface area contributed by atoms with Gasteiger partial charge in [0, 0.05) is 0 Å². The summed E-state index contributed by atoms with van der Waals surface area (Å²) in [5.74, 6) is -2.93. The van der Waals surface area contributed by atoms with Gasteiger partial charge in [-0.05, 0) is 128 Å². The molecule has 5 aromatic carbocycles. The van der Waals surface area contributed by atoms with Gasteiger partial charge < -0.3 is 33.2 Å². The first-order valence-corrected chi connectivity index (χ1v) is 28.4. The minimum atomic E-state index is -0.812. The van der Waals surface area contributed by atoms with Gasteiger partial charge in [0.25, 0.3) is 0 Å². The summed E-state index contributed by atoms with van der Waals surface area (Å²) >= 11 is 0. The van der Waals surface area contributed by atoms with Crippen LogP contribution in [0.4, 0.5) is 0 Å². The van der Waals surface area contributed by atoms with Crippen LogP contribution in [-0.2, 0) is 9.47 Å². The summed E-state index contributed by atoms with van der Waals surface area (Å²) in [5, 5.41) is 0. The van der Waals surface area contributed by atoms with E-state index >= 15 is 0 Å². The number of benzene rings is 5. The Labute approximate surface area is 461 Å². The fraction of sp³-hybridized carbons (Fsp3) is 0.446. The van der Waals surface area contributed by atoms with Gasteiger partial charge in [-0.25, -0.2) is 28.8 Å². The summed E-state index contributed by atoms with van der Waals surface area (Å²) in [7, 11) is 1.38. The number of ether oxygens (including phenoxy) is 7. The van der Waals surface area contributed by atoms with E-state index in [1.165, 1.54) is 214 Å². The minimum Gasteiger partial charge on any atom is -0.497 e. The molecule has 0 bridgehead atoms. The van der Waals surface area contributed by atoms with Crippen LogP contribution < -0.4 is 23.7 Å². The van der Waals surface area contributed by atoms with E-state index in [-0.39, 0.29) is 51.0 Å². The van der Waals surface area contributed by atoms with Gasteiger partial charge in [-0.1, -0.05) is 155 Å². The van der Waals surface area contributed by atoms with E-state index in [1.54, 1.807) is 24.3 Å². The van der Waals surface area contributed by atoms with Crippen LogP contribution in [-0.4, -0.2) is 56.1 Å². The third-order valence-corrected chi connectivity index (χ3v) is 13.3. The molecule has 0 N–H and O–H groups in total. The zero-order valence-electron chi connectivity index (χ0n) is 46.2. The van der Waals surface area contributed by atoms with Gasteiger partial charge in [-0.3, -0.25) is 0 Å². The average Bonchev–Trinajstić information content (AvgIpc) is 3.47. The van der Waals surface area contributed by atoms with Crippen molar-refractivity contribution in [1.82, 2.24) is 0 Å². The molecule has 13 heteroatoms. The number of rotatable bonds is 37. The van der Waals surface area contributed by atoms with Crippen molar-refractivity contribution in [2.75, 3.05) is 20.3 Å². The molecular formula is C65H80O13. The van der Waals surface area contributed by atoms with Gasteiger partial charge in [-0.2, -0.15) is 0 Å². The summed E-state index contributed by atoms with van der Waals surface area (Å²) in [5.41, 5.74) is 1.04. The second-order valence-electron chi connectivity index (χ2n) is 19.7. The number of carbonyl (C=O) groups excluding carboxylic acids is 6. The number of hydrogen-bond donors (Lipinski definition) is 0. The highest BCUT2D eigenvalue weighted by atomic mass is 16.6. The lowest BCUT2D eigenvalue weighted by Crippen LogP contribution is -2.14. The Balaban J connectivity index is 0.992. The lowest BCUT2D eigenvalue weighted by atomic mass is 10.1. The molecule has 0 radical (unpaired) electrons. The Bertz CT molecular complexity index is 2410. The Morgan fingerprint density at radius 3 is 0.756 bits per heavy atom. The molecule has 5 rings (SSSR count). The molecule has 0 amide bonds. The zero-order chi connectivity index (χ0) is 55.6. The van der Waals surface area contributed by atoms with Crippen LogP contribution >= 0.6 is 0 Å². The quantitative estimate of drug-likeness (QED) is 0.0210. The number of carbonyl (C=O) groups is 6. The van der Waals surface area contributed by atoms with Crippen molar-refractivity contribution in [3.05, 3.63) is 149 Å². The van der Waals surface area contributed by atoms with Gasteiger partial charge >= 0.3 is 35.8 Å². The first-order valence-electron chi connectivity index (χ1n) is 28.4. The molecule has 0 unspecified atom stereocenters. The van der Waals surface area contributed by atoms with Gasteiger partial charge in [0.15, 0.2) is 0 Å². The second-order valence-corrected chi connectivity index (χ2v) is 19.7. The number of hydrogen-bond acceptors (Lipinski definition) is 13. The van der Waals surface area contributed by atoms with Crippen molar-refractivity contribution in [3.8, 4) is 28.7 Å². The molecule has 0 spiro atoms. The molecule has 0 aliphatic heterocycles. The van der Waals surface area contributed by atoms with E-state index in [9.17, 15) is 28.8 Å². The number of unbranched alkanes of at least 4 members (excludes halogenated alkanes) is 22. The molecule has 0 aliphatic rings. The van der Waals surface area contributed by atoms with E-state index < -0.39 is 35.8 Å². The SMILES string of the molecule is CCCCCCCCCCCCCCOC(=O)c1ccc(OC(=O)c2ccc(OC(=O)c3cc(OC)cc(C(=O)Oc4ccc(C(=O)Oc5ccc(C(=O)OCCCCCCCCCCCCCC)cc5)cc4)c3)cc2)cc1. The van der Waals surface area contributed by atoms with Gasteiger partial charge in [0.1, 0.15) is 28.7 Å². The summed E-state index contributed by atoms with van der Waals surface area (Å²) < 4.78 is 38.3. The molecule has 13 nitrogen and oxygen atoms in total. The van der Waals surface area contributed by atoms with Crippen molar-refractivity contribution in [2.45, 2.75) is 168 Å².